The molecule has 0 aliphatic heterocycles. The zero-order valence-electron chi connectivity index (χ0n) is 15.0. The van der Waals surface area contributed by atoms with E-state index in [1.54, 1.807) is 0 Å². The summed E-state index contributed by atoms with van der Waals surface area (Å²) in [6, 6.07) is 2.00. The van der Waals surface area contributed by atoms with Crippen molar-refractivity contribution >= 4 is 11.6 Å². The van der Waals surface area contributed by atoms with E-state index < -0.39 is 0 Å². The van der Waals surface area contributed by atoms with Crippen molar-refractivity contribution in [2.75, 3.05) is 23.7 Å². The number of hydrogen-bond acceptors (Lipinski definition) is 4. The van der Waals surface area contributed by atoms with E-state index in [1.807, 2.05) is 6.07 Å². The van der Waals surface area contributed by atoms with E-state index in [9.17, 15) is 0 Å². The van der Waals surface area contributed by atoms with Crippen LogP contribution in [0.2, 0.25) is 0 Å². The second-order valence-electron chi connectivity index (χ2n) is 7.74. The SMILES string of the molecule is CCNc1cc(NCC(C)(C)C(C)C)nc(C(C)(C)C)n1. The van der Waals surface area contributed by atoms with Crippen LogP contribution in [0.15, 0.2) is 6.07 Å². The summed E-state index contributed by atoms with van der Waals surface area (Å²) in [4.78, 5) is 9.30. The second-order valence-corrected chi connectivity index (χ2v) is 7.74. The third-order valence-corrected chi connectivity index (χ3v) is 4.04. The van der Waals surface area contributed by atoms with Crippen molar-refractivity contribution < 1.29 is 0 Å². The lowest BCUT2D eigenvalue weighted by atomic mass is 9.81. The molecule has 0 unspecified atom stereocenters. The molecule has 0 spiro atoms. The molecule has 1 aromatic heterocycles. The lowest BCUT2D eigenvalue weighted by Crippen LogP contribution is -2.29. The Hall–Kier alpha value is -1.32. The number of nitrogens with one attached hydrogen (secondary N) is 2. The van der Waals surface area contributed by atoms with Gasteiger partial charge in [0.15, 0.2) is 0 Å². The molecule has 1 rings (SSSR count). The summed E-state index contributed by atoms with van der Waals surface area (Å²) in [6.45, 7) is 19.3. The molecular formula is C17H32N4. The molecule has 0 atom stereocenters. The number of hydrogen-bond donors (Lipinski definition) is 2. The molecule has 0 radical (unpaired) electrons. The van der Waals surface area contributed by atoms with Gasteiger partial charge >= 0.3 is 0 Å². The zero-order valence-corrected chi connectivity index (χ0v) is 15.0. The van der Waals surface area contributed by atoms with Gasteiger partial charge in [-0.15, -0.1) is 0 Å². The summed E-state index contributed by atoms with van der Waals surface area (Å²) in [5.41, 5.74) is 0.167. The Balaban J connectivity index is 2.98. The van der Waals surface area contributed by atoms with Crippen molar-refractivity contribution in [2.24, 2.45) is 11.3 Å². The van der Waals surface area contributed by atoms with Crippen molar-refractivity contribution in [1.82, 2.24) is 9.97 Å². The molecule has 1 aromatic rings. The molecule has 0 aliphatic carbocycles. The van der Waals surface area contributed by atoms with Crippen molar-refractivity contribution in [2.45, 2.75) is 60.8 Å². The van der Waals surface area contributed by atoms with Crippen LogP contribution in [0.25, 0.3) is 0 Å². The Morgan fingerprint density at radius 2 is 1.52 bits per heavy atom. The first-order chi connectivity index (χ1) is 9.56. The third-order valence-electron chi connectivity index (χ3n) is 4.04. The first-order valence-corrected chi connectivity index (χ1v) is 7.93. The topological polar surface area (TPSA) is 49.8 Å². The lowest BCUT2D eigenvalue weighted by Gasteiger charge is -2.30. The molecule has 1 heterocycles. The maximum Gasteiger partial charge on any atom is 0.138 e. The Kier molecular flexibility index (Phi) is 5.60. The zero-order chi connectivity index (χ0) is 16.3. The van der Waals surface area contributed by atoms with Crippen LogP contribution in [0.5, 0.6) is 0 Å². The van der Waals surface area contributed by atoms with Gasteiger partial charge in [-0.05, 0) is 18.3 Å². The number of aromatic nitrogens is 2. The molecule has 0 bridgehead atoms. The molecular weight excluding hydrogens is 260 g/mol. The van der Waals surface area contributed by atoms with Gasteiger partial charge in [-0.3, -0.25) is 0 Å². The number of anilines is 2. The highest BCUT2D eigenvalue weighted by Crippen LogP contribution is 2.27. The van der Waals surface area contributed by atoms with E-state index in [2.05, 4.69) is 76.0 Å². The number of nitrogens with zero attached hydrogens (tertiary/aromatic N) is 2. The molecule has 0 amide bonds. The fraction of sp³-hybridized carbons (Fsp3) is 0.765. The standard InChI is InChI=1S/C17H32N4/c1-9-18-13-10-14(19-11-17(7,8)12(2)3)21-15(20-13)16(4,5)6/h10,12H,9,11H2,1-8H3,(H2,18,19,20,21). The molecule has 0 fully saturated rings. The number of rotatable bonds is 6. The highest BCUT2D eigenvalue weighted by atomic mass is 15.1. The molecule has 2 N–H and O–H groups in total. The first kappa shape index (κ1) is 17.7. The minimum atomic E-state index is -0.0601. The Morgan fingerprint density at radius 3 is 1.95 bits per heavy atom. The summed E-state index contributed by atoms with van der Waals surface area (Å²) < 4.78 is 0. The van der Waals surface area contributed by atoms with Crippen LogP contribution >= 0.6 is 0 Å². The highest BCUT2D eigenvalue weighted by Gasteiger charge is 2.23. The van der Waals surface area contributed by atoms with Gasteiger partial charge in [0.1, 0.15) is 17.5 Å². The molecule has 4 heteroatoms. The minimum Gasteiger partial charge on any atom is -0.370 e. The van der Waals surface area contributed by atoms with Crippen molar-refractivity contribution in [1.29, 1.82) is 0 Å². The van der Waals surface area contributed by atoms with Gasteiger partial charge < -0.3 is 10.6 Å². The largest absolute Gasteiger partial charge is 0.370 e. The average molecular weight is 292 g/mol. The Morgan fingerprint density at radius 1 is 1.00 bits per heavy atom. The summed E-state index contributed by atoms with van der Waals surface area (Å²) in [6.07, 6.45) is 0. The monoisotopic (exact) mass is 292 g/mol. The van der Waals surface area contributed by atoms with Crippen LogP contribution in [0, 0.1) is 11.3 Å². The van der Waals surface area contributed by atoms with E-state index in [4.69, 9.17) is 0 Å². The maximum atomic E-state index is 4.69. The Labute approximate surface area is 130 Å². The van der Waals surface area contributed by atoms with Gasteiger partial charge in [0, 0.05) is 24.6 Å². The summed E-state index contributed by atoms with van der Waals surface area (Å²) in [7, 11) is 0. The van der Waals surface area contributed by atoms with Crippen LogP contribution in [0.4, 0.5) is 11.6 Å². The summed E-state index contributed by atoms with van der Waals surface area (Å²) in [5.74, 6) is 3.27. The third kappa shape index (κ3) is 5.18. The minimum absolute atomic E-state index is 0.0601. The molecule has 120 valence electrons. The van der Waals surface area contributed by atoms with Crippen molar-refractivity contribution in [3.63, 3.8) is 0 Å². The fourth-order valence-corrected chi connectivity index (χ4v) is 1.67. The summed E-state index contributed by atoms with van der Waals surface area (Å²) in [5, 5.41) is 6.78. The van der Waals surface area contributed by atoms with Gasteiger partial charge in [-0.25, -0.2) is 9.97 Å². The predicted molar refractivity (Wildman–Crippen MR) is 92.0 cm³/mol. The fourth-order valence-electron chi connectivity index (χ4n) is 1.67. The molecule has 0 aromatic carbocycles. The highest BCUT2D eigenvalue weighted by molar-refractivity contribution is 5.48. The van der Waals surface area contributed by atoms with Crippen LogP contribution in [-0.4, -0.2) is 23.1 Å². The molecule has 21 heavy (non-hydrogen) atoms. The average Bonchev–Trinajstić information content (AvgIpc) is 2.35. The lowest BCUT2D eigenvalue weighted by molar-refractivity contribution is 0.269. The van der Waals surface area contributed by atoms with Crippen LogP contribution < -0.4 is 10.6 Å². The molecule has 4 nitrogen and oxygen atoms in total. The second kappa shape index (κ2) is 6.63. The van der Waals surface area contributed by atoms with Gasteiger partial charge in [0.05, 0.1) is 0 Å². The predicted octanol–water partition coefficient (Wildman–Crippen LogP) is 4.30. The normalized spacial score (nSPS) is 12.6. The van der Waals surface area contributed by atoms with E-state index in [0.717, 1.165) is 30.5 Å². The maximum absolute atomic E-state index is 4.69. The summed E-state index contributed by atoms with van der Waals surface area (Å²) >= 11 is 0. The van der Waals surface area contributed by atoms with Gasteiger partial charge in [0.25, 0.3) is 0 Å². The smallest absolute Gasteiger partial charge is 0.138 e. The van der Waals surface area contributed by atoms with E-state index >= 15 is 0 Å². The molecule has 0 aliphatic rings. The van der Waals surface area contributed by atoms with Crippen LogP contribution in [0.1, 0.15) is 61.2 Å². The first-order valence-electron chi connectivity index (χ1n) is 7.93. The quantitative estimate of drug-likeness (QED) is 0.820. The Bertz CT molecular complexity index is 458. The van der Waals surface area contributed by atoms with Gasteiger partial charge in [-0.2, -0.15) is 0 Å². The van der Waals surface area contributed by atoms with E-state index in [-0.39, 0.29) is 10.8 Å². The van der Waals surface area contributed by atoms with Gasteiger partial charge in [0.2, 0.25) is 0 Å². The molecule has 0 saturated heterocycles. The molecule has 0 saturated carbocycles. The van der Waals surface area contributed by atoms with Crippen LogP contribution in [0.3, 0.4) is 0 Å². The van der Waals surface area contributed by atoms with E-state index in [1.165, 1.54) is 0 Å². The van der Waals surface area contributed by atoms with E-state index in [0.29, 0.717) is 5.92 Å². The van der Waals surface area contributed by atoms with Gasteiger partial charge in [-0.1, -0.05) is 48.5 Å². The van der Waals surface area contributed by atoms with Crippen molar-refractivity contribution in [3.05, 3.63) is 11.9 Å². The van der Waals surface area contributed by atoms with Crippen molar-refractivity contribution in [3.8, 4) is 0 Å². The van der Waals surface area contributed by atoms with Crippen LogP contribution in [-0.2, 0) is 5.41 Å².